The molecule has 1 aliphatic rings. The lowest BCUT2D eigenvalue weighted by molar-refractivity contribution is -0.265. The molecule has 180 valence electrons. The molecule has 0 spiro atoms. The number of aliphatic hydroxyl groups is 1. The zero-order valence-corrected chi connectivity index (χ0v) is 18.9. The lowest BCUT2D eigenvalue weighted by atomic mass is 9.84. The van der Waals surface area contributed by atoms with E-state index in [4.69, 9.17) is 9.47 Å². The van der Waals surface area contributed by atoms with Crippen molar-refractivity contribution in [3.8, 4) is 17.0 Å². The predicted molar refractivity (Wildman–Crippen MR) is 112 cm³/mol. The summed E-state index contributed by atoms with van der Waals surface area (Å²) in [4.78, 5) is 16.1. The summed E-state index contributed by atoms with van der Waals surface area (Å²) in [5.41, 5.74) is -5.10. The second kappa shape index (κ2) is 8.16. The molecule has 1 atom stereocenters. The van der Waals surface area contributed by atoms with Gasteiger partial charge in [-0.15, -0.1) is 0 Å². The third-order valence-electron chi connectivity index (χ3n) is 5.18. The maximum Gasteiger partial charge on any atom is 0.424 e. The Labute approximate surface area is 188 Å². The first kappa shape index (κ1) is 24.8. The van der Waals surface area contributed by atoms with Crippen molar-refractivity contribution in [2.45, 2.75) is 57.4 Å². The summed E-state index contributed by atoms with van der Waals surface area (Å²) in [5, 5.41) is 12.8. The number of hydrogen-bond acceptors (Lipinski definition) is 5. The standard InChI is InChI=1S/C23H26F4N2O4/c1-20(2,3)33-19(30)28-11-22(31,23(25,26)27)16-10-15-18(32-12-21(15,4)5)17(29-16)13-6-8-14(24)9-7-13/h6-10,31H,11-12H2,1-5H3,(H,28,30)/t22-/m0/s1. The Morgan fingerprint density at radius 2 is 1.82 bits per heavy atom. The summed E-state index contributed by atoms with van der Waals surface area (Å²) in [6.07, 6.45) is -6.30. The van der Waals surface area contributed by atoms with Gasteiger partial charge in [0.2, 0.25) is 5.60 Å². The van der Waals surface area contributed by atoms with Crippen LogP contribution >= 0.6 is 0 Å². The van der Waals surface area contributed by atoms with E-state index in [2.05, 4.69) is 4.98 Å². The van der Waals surface area contributed by atoms with Crippen molar-refractivity contribution in [2.24, 2.45) is 0 Å². The van der Waals surface area contributed by atoms with Gasteiger partial charge in [-0.25, -0.2) is 14.2 Å². The number of ether oxygens (including phenoxy) is 2. The van der Waals surface area contributed by atoms with Crippen molar-refractivity contribution in [3.05, 3.63) is 47.4 Å². The van der Waals surface area contributed by atoms with Gasteiger partial charge in [-0.2, -0.15) is 13.2 Å². The summed E-state index contributed by atoms with van der Waals surface area (Å²) < 4.78 is 66.6. The van der Waals surface area contributed by atoms with Crippen molar-refractivity contribution in [3.63, 3.8) is 0 Å². The molecule has 3 rings (SSSR count). The number of aromatic nitrogens is 1. The minimum absolute atomic E-state index is 0.0352. The lowest BCUT2D eigenvalue weighted by Crippen LogP contribution is -2.52. The van der Waals surface area contributed by atoms with Crippen LogP contribution in [0.3, 0.4) is 0 Å². The Morgan fingerprint density at radius 1 is 1.21 bits per heavy atom. The van der Waals surface area contributed by atoms with E-state index >= 15 is 0 Å². The van der Waals surface area contributed by atoms with Crippen LogP contribution in [0.2, 0.25) is 0 Å². The molecule has 1 aromatic heterocycles. The van der Waals surface area contributed by atoms with E-state index in [-0.39, 0.29) is 18.1 Å². The van der Waals surface area contributed by atoms with Crippen LogP contribution in [0.1, 0.15) is 45.9 Å². The predicted octanol–water partition coefficient (Wildman–Crippen LogP) is 4.83. The van der Waals surface area contributed by atoms with Gasteiger partial charge in [-0.05, 0) is 51.1 Å². The molecule has 2 N–H and O–H groups in total. The second-order valence-corrected chi connectivity index (χ2v) is 9.63. The summed E-state index contributed by atoms with van der Waals surface area (Å²) in [5.74, 6) is -0.263. The largest absolute Gasteiger partial charge is 0.490 e. The number of fused-ring (bicyclic) bond motifs is 1. The van der Waals surface area contributed by atoms with E-state index in [9.17, 15) is 27.5 Å². The van der Waals surface area contributed by atoms with E-state index in [0.29, 0.717) is 11.1 Å². The maximum atomic E-state index is 14.1. The molecule has 1 amide bonds. The van der Waals surface area contributed by atoms with Gasteiger partial charge in [0.1, 0.15) is 22.9 Å². The molecule has 1 aliphatic heterocycles. The summed E-state index contributed by atoms with van der Waals surface area (Å²) in [6.45, 7) is 7.19. The molecular weight excluding hydrogens is 444 g/mol. The average molecular weight is 470 g/mol. The number of pyridine rings is 1. The maximum absolute atomic E-state index is 14.1. The van der Waals surface area contributed by atoms with E-state index in [0.717, 1.165) is 18.2 Å². The molecule has 2 aromatic rings. The van der Waals surface area contributed by atoms with Gasteiger partial charge in [0.25, 0.3) is 0 Å². The van der Waals surface area contributed by atoms with Crippen LogP contribution in [0.15, 0.2) is 30.3 Å². The minimum atomic E-state index is -5.19. The molecule has 0 unspecified atom stereocenters. The van der Waals surface area contributed by atoms with E-state index in [1.165, 1.54) is 12.1 Å². The number of amides is 1. The first-order valence-corrected chi connectivity index (χ1v) is 10.2. The molecule has 0 saturated heterocycles. The molecule has 1 aromatic carbocycles. The van der Waals surface area contributed by atoms with Gasteiger partial charge in [0.15, 0.2) is 0 Å². The molecule has 0 fully saturated rings. The Bertz CT molecular complexity index is 1050. The topological polar surface area (TPSA) is 80.7 Å². The Balaban J connectivity index is 2.12. The van der Waals surface area contributed by atoms with E-state index in [1.54, 1.807) is 34.6 Å². The first-order valence-electron chi connectivity index (χ1n) is 10.2. The molecule has 0 bridgehead atoms. The third-order valence-corrected chi connectivity index (χ3v) is 5.18. The highest BCUT2D eigenvalue weighted by atomic mass is 19.4. The Hall–Kier alpha value is -2.88. The molecular formula is C23H26F4N2O4. The number of alkyl carbamates (subject to hydrolysis) is 1. The number of halogens is 4. The number of rotatable bonds is 4. The zero-order chi connectivity index (χ0) is 24.8. The number of carbonyl (C=O) groups is 1. The smallest absolute Gasteiger partial charge is 0.424 e. The Kier molecular flexibility index (Phi) is 6.12. The van der Waals surface area contributed by atoms with Crippen LogP contribution in [0.25, 0.3) is 11.3 Å². The average Bonchev–Trinajstić information content (AvgIpc) is 2.99. The molecule has 0 radical (unpaired) electrons. The van der Waals surface area contributed by atoms with Crippen molar-refractivity contribution in [2.75, 3.05) is 13.2 Å². The first-order chi connectivity index (χ1) is 15.0. The zero-order valence-electron chi connectivity index (χ0n) is 18.9. The van der Waals surface area contributed by atoms with Crippen LogP contribution in [-0.4, -0.2) is 41.1 Å². The molecule has 6 nitrogen and oxygen atoms in total. The highest BCUT2D eigenvalue weighted by Crippen LogP contribution is 2.47. The van der Waals surface area contributed by atoms with Gasteiger partial charge in [0.05, 0.1) is 18.8 Å². The lowest BCUT2D eigenvalue weighted by Gasteiger charge is -2.31. The summed E-state index contributed by atoms with van der Waals surface area (Å²) in [6, 6.07) is 6.16. The van der Waals surface area contributed by atoms with Crippen molar-refractivity contribution in [1.29, 1.82) is 0 Å². The number of nitrogens with one attached hydrogen (secondary N) is 1. The van der Waals surface area contributed by atoms with Crippen LogP contribution in [0, 0.1) is 5.82 Å². The fraction of sp³-hybridized carbons (Fsp3) is 0.478. The van der Waals surface area contributed by atoms with Crippen LogP contribution in [0.5, 0.6) is 5.75 Å². The second-order valence-electron chi connectivity index (χ2n) is 9.63. The normalized spacial score (nSPS) is 17.0. The van der Waals surface area contributed by atoms with Gasteiger partial charge < -0.3 is 19.9 Å². The molecule has 33 heavy (non-hydrogen) atoms. The highest BCUT2D eigenvalue weighted by Gasteiger charge is 2.57. The van der Waals surface area contributed by atoms with Gasteiger partial charge in [-0.1, -0.05) is 13.8 Å². The van der Waals surface area contributed by atoms with Gasteiger partial charge in [0, 0.05) is 16.5 Å². The fourth-order valence-corrected chi connectivity index (χ4v) is 3.38. The van der Waals surface area contributed by atoms with Crippen molar-refractivity contribution >= 4 is 6.09 Å². The number of carbonyl (C=O) groups excluding carboxylic acids is 1. The molecule has 10 heteroatoms. The molecule has 0 saturated carbocycles. The van der Waals surface area contributed by atoms with Crippen molar-refractivity contribution in [1.82, 2.24) is 10.3 Å². The number of hydrogen-bond donors (Lipinski definition) is 2. The highest BCUT2D eigenvalue weighted by molar-refractivity contribution is 5.71. The monoisotopic (exact) mass is 470 g/mol. The quantitative estimate of drug-likeness (QED) is 0.626. The van der Waals surface area contributed by atoms with E-state index in [1.807, 2.05) is 5.32 Å². The van der Waals surface area contributed by atoms with Crippen LogP contribution in [-0.2, 0) is 15.8 Å². The van der Waals surface area contributed by atoms with Gasteiger partial charge in [-0.3, -0.25) is 0 Å². The SMILES string of the molecule is CC(C)(C)OC(=O)NC[C@](O)(c1cc2c(c(-c3ccc(F)cc3)n1)OCC2(C)C)C(F)(F)F. The number of nitrogens with zero attached hydrogens (tertiary/aromatic N) is 1. The molecule has 0 aliphatic carbocycles. The Morgan fingerprint density at radius 3 is 2.36 bits per heavy atom. The third kappa shape index (κ3) is 5.05. The van der Waals surface area contributed by atoms with Crippen LogP contribution < -0.4 is 10.1 Å². The number of benzene rings is 1. The number of alkyl halides is 3. The van der Waals surface area contributed by atoms with Crippen molar-refractivity contribution < 1.29 is 36.9 Å². The van der Waals surface area contributed by atoms with E-state index < -0.39 is 46.9 Å². The molecule has 2 heterocycles. The summed E-state index contributed by atoms with van der Waals surface area (Å²) in [7, 11) is 0. The summed E-state index contributed by atoms with van der Waals surface area (Å²) >= 11 is 0. The van der Waals surface area contributed by atoms with Crippen LogP contribution in [0.4, 0.5) is 22.4 Å². The minimum Gasteiger partial charge on any atom is -0.490 e. The van der Waals surface area contributed by atoms with Gasteiger partial charge >= 0.3 is 12.3 Å². The fourth-order valence-electron chi connectivity index (χ4n) is 3.38.